The van der Waals surface area contributed by atoms with Crippen molar-refractivity contribution in [2.45, 2.75) is 19.4 Å². The Hall–Kier alpha value is -2.50. The molecule has 1 unspecified atom stereocenters. The smallest absolute Gasteiger partial charge is 0.127 e. The van der Waals surface area contributed by atoms with Gasteiger partial charge in [0.05, 0.1) is 12.0 Å². The zero-order chi connectivity index (χ0) is 16.5. The summed E-state index contributed by atoms with van der Waals surface area (Å²) in [7, 11) is 0. The highest BCUT2D eigenvalue weighted by Gasteiger charge is 2.23. The molecule has 4 aromatic rings. The van der Waals surface area contributed by atoms with Crippen molar-refractivity contribution in [3.8, 4) is 11.1 Å². The molecule has 1 aromatic carbocycles. The van der Waals surface area contributed by atoms with Crippen molar-refractivity contribution in [2.75, 3.05) is 0 Å². The largest absolute Gasteiger partial charge is 0.467 e. The van der Waals surface area contributed by atoms with E-state index in [1.807, 2.05) is 30.3 Å². The summed E-state index contributed by atoms with van der Waals surface area (Å²) >= 11 is 1.71. The van der Waals surface area contributed by atoms with Crippen molar-refractivity contribution in [3.05, 3.63) is 71.4 Å². The zero-order valence-corrected chi connectivity index (χ0v) is 14.1. The first-order chi connectivity index (χ1) is 11.8. The van der Waals surface area contributed by atoms with Crippen LogP contribution in [0.5, 0.6) is 0 Å². The highest BCUT2D eigenvalue weighted by Crippen LogP contribution is 2.41. The van der Waals surface area contributed by atoms with E-state index in [1.54, 1.807) is 23.9 Å². The molecule has 120 valence electrons. The second kappa shape index (κ2) is 6.19. The van der Waals surface area contributed by atoms with E-state index in [9.17, 15) is 0 Å². The minimum absolute atomic E-state index is 0.410. The lowest BCUT2D eigenvalue weighted by Crippen LogP contribution is -2.13. The molecule has 0 spiro atoms. The van der Waals surface area contributed by atoms with Gasteiger partial charge in [0.1, 0.15) is 23.0 Å². The van der Waals surface area contributed by atoms with E-state index in [-0.39, 0.29) is 0 Å². The standard InChI is InChI=1S/C19H17N3OS/c1-2-14-15(12-7-4-3-5-8-12)16-18(21-11-22-19(16)24-14)17(20)13-9-6-10-23-13/h3-11,17H,2,20H2,1H3. The molecule has 4 nitrogen and oxygen atoms in total. The Balaban J connectivity index is 2.01. The van der Waals surface area contributed by atoms with Crippen molar-refractivity contribution < 1.29 is 4.42 Å². The molecule has 3 aromatic heterocycles. The van der Waals surface area contributed by atoms with Crippen LogP contribution >= 0.6 is 11.3 Å². The van der Waals surface area contributed by atoms with Crippen LogP contribution in [0.25, 0.3) is 21.3 Å². The van der Waals surface area contributed by atoms with Crippen molar-refractivity contribution >= 4 is 21.6 Å². The molecule has 24 heavy (non-hydrogen) atoms. The number of thiophene rings is 1. The van der Waals surface area contributed by atoms with Crippen LogP contribution in [0.4, 0.5) is 0 Å². The van der Waals surface area contributed by atoms with E-state index in [4.69, 9.17) is 10.2 Å². The third kappa shape index (κ3) is 2.42. The fraction of sp³-hybridized carbons (Fsp3) is 0.158. The third-order valence-electron chi connectivity index (χ3n) is 4.12. The summed E-state index contributed by atoms with van der Waals surface area (Å²) in [5.74, 6) is 0.707. The average Bonchev–Trinajstić information content (AvgIpc) is 3.29. The average molecular weight is 335 g/mol. The quantitative estimate of drug-likeness (QED) is 0.593. The lowest BCUT2D eigenvalue weighted by Gasteiger charge is -2.11. The number of benzene rings is 1. The van der Waals surface area contributed by atoms with Gasteiger partial charge in [0, 0.05) is 15.8 Å². The van der Waals surface area contributed by atoms with Crippen LogP contribution in [-0.2, 0) is 6.42 Å². The molecule has 2 N–H and O–H groups in total. The molecular formula is C19H17N3OS. The Morgan fingerprint density at radius 2 is 1.96 bits per heavy atom. The number of hydrogen-bond acceptors (Lipinski definition) is 5. The summed E-state index contributed by atoms with van der Waals surface area (Å²) in [4.78, 5) is 11.3. The molecule has 0 saturated heterocycles. The summed E-state index contributed by atoms with van der Waals surface area (Å²) < 4.78 is 5.50. The van der Waals surface area contributed by atoms with Crippen LogP contribution in [0.3, 0.4) is 0 Å². The number of nitrogens with zero attached hydrogens (tertiary/aromatic N) is 2. The van der Waals surface area contributed by atoms with Gasteiger partial charge in [-0.3, -0.25) is 0 Å². The minimum Gasteiger partial charge on any atom is -0.467 e. The van der Waals surface area contributed by atoms with Gasteiger partial charge in [-0.05, 0) is 24.1 Å². The normalized spacial score (nSPS) is 12.6. The summed E-state index contributed by atoms with van der Waals surface area (Å²) in [5.41, 5.74) is 9.62. The van der Waals surface area contributed by atoms with Crippen LogP contribution in [0.15, 0.2) is 59.5 Å². The Bertz CT molecular complexity index is 961. The molecule has 0 aliphatic carbocycles. The molecule has 3 heterocycles. The monoisotopic (exact) mass is 335 g/mol. The van der Waals surface area contributed by atoms with Crippen molar-refractivity contribution in [2.24, 2.45) is 5.73 Å². The topological polar surface area (TPSA) is 64.9 Å². The second-order valence-corrected chi connectivity index (χ2v) is 6.64. The number of aryl methyl sites for hydroxylation is 1. The van der Waals surface area contributed by atoms with Crippen LogP contribution in [0, 0.1) is 0 Å². The van der Waals surface area contributed by atoms with Crippen LogP contribution in [0.2, 0.25) is 0 Å². The first-order valence-electron chi connectivity index (χ1n) is 7.90. The molecule has 0 bridgehead atoms. The molecule has 0 saturated carbocycles. The van der Waals surface area contributed by atoms with Gasteiger partial charge in [-0.1, -0.05) is 37.3 Å². The van der Waals surface area contributed by atoms with Gasteiger partial charge in [-0.15, -0.1) is 11.3 Å². The van der Waals surface area contributed by atoms with Crippen molar-refractivity contribution in [1.29, 1.82) is 0 Å². The molecule has 0 radical (unpaired) electrons. The summed E-state index contributed by atoms with van der Waals surface area (Å²) in [5, 5.41) is 1.04. The number of aromatic nitrogens is 2. The molecular weight excluding hydrogens is 318 g/mol. The highest BCUT2D eigenvalue weighted by molar-refractivity contribution is 7.19. The zero-order valence-electron chi connectivity index (χ0n) is 13.3. The maximum absolute atomic E-state index is 6.45. The second-order valence-electron chi connectivity index (χ2n) is 5.55. The molecule has 5 heteroatoms. The molecule has 0 amide bonds. The van der Waals surface area contributed by atoms with E-state index in [0.29, 0.717) is 5.76 Å². The summed E-state index contributed by atoms with van der Waals surface area (Å²) in [6, 6.07) is 13.7. The number of nitrogens with two attached hydrogens (primary N) is 1. The van der Waals surface area contributed by atoms with Gasteiger partial charge >= 0.3 is 0 Å². The third-order valence-corrected chi connectivity index (χ3v) is 5.36. The maximum atomic E-state index is 6.45. The predicted molar refractivity (Wildman–Crippen MR) is 97.0 cm³/mol. The Morgan fingerprint density at radius 3 is 2.67 bits per heavy atom. The van der Waals surface area contributed by atoms with Crippen molar-refractivity contribution in [3.63, 3.8) is 0 Å². The number of rotatable bonds is 4. The Kier molecular flexibility index (Phi) is 3.88. The van der Waals surface area contributed by atoms with E-state index >= 15 is 0 Å². The predicted octanol–water partition coefficient (Wildman–Crippen LogP) is 4.56. The van der Waals surface area contributed by atoms with Crippen molar-refractivity contribution in [1.82, 2.24) is 9.97 Å². The van der Waals surface area contributed by atoms with E-state index < -0.39 is 6.04 Å². The number of fused-ring (bicyclic) bond motifs is 1. The first-order valence-corrected chi connectivity index (χ1v) is 8.72. The molecule has 0 aliphatic heterocycles. The number of hydrogen-bond donors (Lipinski definition) is 1. The van der Waals surface area contributed by atoms with Gasteiger partial charge in [-0.2, -0.15) is 0 Å². The summed E-state index contributed by atoms with van der Waals surface area (Å²) in [6.45, 7) is 2.16. The summed E-state index contributed by atoms with van der Waals surface area (Å²) in [6.07, 6.45) is 4.17. The molecule has 4 rings (SSSR count). The van der Waals surface area contributed by atoms with Gasteiger partial charge in [0.15, 0.2) is 0 Å². The maximum Gasteiger partial charge on any atom is 0.127 e. The van der Waals surface area contributed by atoms with Crippen LogP contribution in [0.1, 0.15) is 29.3 Å². The fourth-order valence-corrected chi connectivity index (χ4v) is 4.11. The first kappa shape index (κ1) is 15.1. The number of furan rings is 1. The van der Waals surface area contributed by atoms with Gasteiger partial charge in [0.2, 0.25) is 0 Å². The highest BCUT2D eigenvalue weighted by atomic mass is 32.1. The van der Waals surface area contributed by atoms with Crippen LogP contribution < -0.4 is 5.73 Å². The molecule has 1 atom stereocenters. The SMILES string of the molecule is CCc1sc2ncnc(C(N)c3ccco3)c2c1-c1ccccc1. The van der Waals surface area contributed by atoms with E-state index in [0.717, 1.165) is 22.3 Å². The van der Waals surface area contributed by atoms with E-state index in [1.165, 1.54) is 16.0 Å². The Morgan fingerprint density at radius 1 is 1.12 bits per heavy atom. The minimum atomic E-state index is -0.410. The lowest BCUT2D eigenvalue weighted by atomic mass is 9.98. The lowest BCUT2D eigenvalue weighted by molar-refractivity contribution is 0.487. The Labute approximate surface area is 144 Å². The molecule has 0 aliphatic rings. The van der Waals surface area contributed by atoms with Crippen LogP contribution in [-0.4, -0.2) is 9.97 Å². The van der Waals surface area contributed by atoms with Gasteiger partial charge < -0.3 is 10.2 Å². The molecule has 0 fully saturated rings. The van der Waals surface area contributed by atoms with E-state index in [2.05, 4.69) is 29.0 Å². The van der Waals surface area contributed by atoms with Gasteiger partial charge in [0.25, 0.3) is 0 Å². The van der Waals surface area contributed by atoms with Gasteiger partial charge in [-0.25, -0.2) is 9.97 Å². The fourth-order valence-electron chi connectivity index (χ4n) is 3.00.